The highest BCUT2D eigenvalue weighted by molar-refractivity contribution is 8.01. The van der Waals surface area contributed by atoms with Crippen LogP contribution < -0.4 is 5.73 Å². The normalized spacial score (nSPS) is 11.1. The van der Waals surface area contributed by atoms with E-state index in [4.69, 9.17) is 5.73 Å². The van der Waals surface area contributed by atoms with Gasteiger partial charge in [0.25, 0.3) is 0 Å². The van der Waals surface area contributed by atoms with Crippen LogP contribution in [-0.2, 0) is 6.54 Å². The fourth-order valence-corrected chi connectivity index (χ4v) is 3.31. The van der Waals surface area contributed by atoms with Crippen LogP contribution in [0.25, 0.3) is 5.65 Å². The van der Waals surface area contributed by atoms with Gasteiger partial charge in [-0.15, -0.1) is 11.3 Å². The third-order valence-corrected chi connectivity index (χ3v) is 4.28. The Morgan fingerprint density at radius 2 is 2.35 bits per heavy atom. The van der Waals surface area contributed by atoms with Crippen LogP contribution in [0.5, 0.6) is 0 Å². The molecule has 0 saturated heterocycles. The smallest absolute Gasteiger partial charge is 0.156 e. The molecule has 0 aliphatic carbocycles. The minimum atomic E-state index is 0.471. The summed E-state index contributed by atoms with van der Waals surface area (Å²) in [5.74, 6) is 0. The summed E-state index contributed by atoms with van der Waals surface area (Å²) >= 11 is 3.18. The molecule has 0 aliphatic rings. The minimum Gasteiger partial charge on any atom is -0.325 e. The van der Waals surface area contributed by atoms with Crippen molar-refractivity contribution in [1.82, 2.24) is 14.4 Å². The summed E-state index contributed by atoms with van der Waals surface area (Å²) in [5, 5.41) is 2.90. The van der Waals surface area contributed by atoms with Crippen molar-refractivity contribution >= 4 is 28.7 Å². The molecule has 3 aromatic heterocycles. The van der Waals surface area contributed by atoms with Crippen LogP contribution in [0.4, 0.5) is 0 Å². The van der Waals surface area contributed by atoms with Gasteiger partial charge < -0.3 is 10.1 Å². The molecule has 17 heavy (non-hydrogen) atoms. The molecule has 3 heterocycles. The molecule has 0 bridgehead atoms. The fourth-order valence-electron chi connectivity index (χ4n) is 1.64. The van der Waals surface area contributed by atoms with Crippen LogP contribution in [0.1, 0.15) is 5.69 Å². The van der Waals surface area contributed by atoms with Crippen LogP contribution in [0.2, 0.25) is 0 Å². The number of fused-ring (bicyclic) bond motifs is 1. The first-order chi connectivity index (χ1) is 8.38. The first kappa shape index (κ1) is 10.8. The molecule has 0 atom stereocenters. The Morgan fingerprint density at radius 3 is 3.12 bits per heavy atom. The van der Waals surface area contributed by atoms with Crippen molar-refractivity contribution in [1.29, 1.82) is 0 Å². The second-order valence-corrected chi connectivity index (χ2v) is 5.53. The van der Waals surface area contributed by atoms with Crippen molar-refractivity contribution in [3.05, 3.63) is 41.7 Å². The van der Waals surface area contributed by atoms with Gasteiger partial charge in [-0.05, 0) is 23.9 Å². The average Bonchev–Trinajstić information content (AvgIpc) is 2.96. The third-order valence-electron chi connectivity index (χ3n) is 2.38. The largest absolute Gasteiger partial charge is 0.325 e. The van der Waals surface area contributed by atoms with Gasteiger partial charge in [0, 0.05) is 24.3 Å². The molecule has 0 aliphatic heterocycles. The first-order valence-electron chi connectivity index (χ1n) is 5.12. The maximum Gasteiger partial charge on any atom is 0.156 e. The number of hydrogen-bond donors (Lipinski definition) is 1. The van der Waals surface area contributed by atoms with Gasteiger partial charge in [-0.25, -0.2) is 9.97 Å². The number of pyridine rings is 1. The molecule has 0 fully saturated rings. The van der Waals surface area contributed by atoms with Gasteiger partial charge in [-0.2, -0.15) is 0 Å². The molecule has 2 N–H and O–H groups in total. The molecular formula is C11H10N4S2. The number of aromatic nitrogens is 3. The van der Waals surface area contributed by atoms with Crippen molar-refractivity contribution in [3.63, 3.8) is 0 Å². The lowest BCUT2D eigenvalue weighted by molar-refractivity contribution is 0.920. The van der Waals surface area contributed by atoms with Crippen LogP contribution >= 0.6 is 23.1 Å². The minimum absolute atomic E-state index is 0.471. The van der Waals surface area contributed by atoms with Crippen molar-refractivity contribution in [2.24, 2.45) is 5.73 Å². The average molecular weight is 262 g/mol. The van der Waals surface area contributed by atoms with Gasteiger partial charge in [-0.1, -0.05) is 6.07 Å². The van der Waals surface area contributed by atoms with Crippen molar-refractivity contribution in [3.8, 4) is 0 Å². The maximum atomic E-state index is 5.80. The second kappa shape index (κ2) is 4.48. The molecule has 0 spiro atoms. The highest BCUT2D eigenvalue weighted by atomic mass is 32.2. The van der Waals surface area contributed by atoms with E-state index in [-0.39, 0.29) is 0 Å². The number of imidazole rings is 1. The summed E-state index contributed by atoms with van der Waals surface area (Å²) in [7, 11) is 0. The van der Waals surface area contributed by atoms with Crippen LogP contribution in [0.3, 0.4) is 0 Å². The maximum absolute atomic E-state index is 5.80. The van der Waals surface area contributed by atoms with Crippen molar-refractivity contribution in [2.45, 2.75) is 15.9 Å². The monoisotopic (exact) mass is 262 g/mol. The lowest BCUT2D eigenvalue weighted by atomic mass is 10.4. The summed E-state index contributed by atoms with van der Waals surface area (Å²) in [6.45, 7) is 0.471. The van der Waals surface area contributed by atoms with Crippen molar-refractivity contribution in [2.75, 3.05) is 0 Å². The predicted molar refractivity (Wildman–Crippen MR) is 69.3 cm³/mol. The van der Waals surface area contributed by atoms with Gasteiger partial charge in [0.2, 0.25) is 0 Å². The number of nitrogens with two attached hydrogens (primary N) is 1. The van der Waals surface area contributed by atoms with Gasteiger partial charge >= 0.3 is 0 Å². The summed E-state index contributed by atoms with van der Waals surface area (Å²) < 4.78 is 3.01. The highest BCUT2D eigenvalue weighted by Crippen LogP contribution is 2.31. The topological polar surface area (TPSA) is 56.2 Å². The molecular weight excluding hydrogens is 252 g/mol. The molecule has 3 rings (SSSR count). The number of hydrogen-bond acceptors (Lipinski definition) is 5. The lowest BCUT2D eigenvalue weighted by Gasteiger charge is -1.99. The zero-order valence-corrected chi connectivity index (χ0v) is 10.5. The summed E-state index contributed by atoms with van der Waals surface area (Å²) in [6, 6.07) is 5.93. The summed E-state index contributed by atoms with van der Waals surface area (Å²) in [5.41, 5.74) is 7.75. The van der Waals surface area contributed by atoms with E-state index in [1.54, 1.807) is 29.3 Å². The van der Waals surface area contributed by atoms with Gasteiger partial charge in [0.15, 0.2) is 4.34 Å². The van der Waals surface area contributed by atoms with Crippen LogP contribution in [0, 0.1) is 0 Å². The van der Waals surface area contributed by atoms with Gasteiger partial charge in [0.05, 0.1) is 5.69 Å². The highest BCUT2D eigenvalue weighted by Gasteiger charge is 2.12. The first-order valence-corrected chi connectivity index (χ1v) is 6.81. The fraction of sp³-hybridized carbons (Fsp3) is 0.0909. The number of thiazole rings is 1. The van der Waals surface area contributed by atoms with E-state index >= 15 is 0 Å². The van der Waals surface area contributed by atoms with E-state index < -0.39 is 0 Å². The van der Waals surface area contributed by atoms with Gasteiger partial charge in [0.1, 0.15) is 10.7 Å². The van der Waals surface area contributed by atoms with E-state index in [0.717, 1.165) is 20.7 Å². The second-order valence-electron chi connectivity index (χ2n) is 3.40. The zero-order valence-electron chi connectivity index (χ0n) is 8.91. The Morgan fingerprint density at radius 1 is 1.41 bits per heavy atom. The number of rotatable bonds is 3. The Kier molecular flexibility index (Phi) is 2.84. The SMILES string of the molecule is NCc1c(Sc2nccs2)nc2ccccn12. The Balaban J connectivity index is 2.09. The van der Waals surface area contributed by atoms with E-state index in [1.807, 2.05) is 34.2 Å². The quantitative estimate of drug-likeness (QED) is 0.787. The molecule has 0 radical (unpaired) electrons. The number of nitrogens with zero attached hydrogens (tertiary/aromatic N) is 3. The molecule has 0 unspecified atom stereocenters. The van der Waals surface area contributed by atoms with Crippen LogP contribution in [-0.4, -0.2) is 14.4 Å². The molecule has 0 aromatic carbocycles. The molecule has 0 amide bonds. The molecule has 3 aromatic rings. The molecule has 6 heteroatoms. The van der Waals surface area contributed by atoms with Gasteiger partial charge in [-0.3, -0.25) is 0 Å². The van der Waals surface area contributed by atoms with Crippen molar-refractivity contribution < 1.29 is 0 Å². The van der Waals surface area contributed by atoms with E-state index in [9.17, 15) is 0 Å². The van der Waals surface area contributed by atoms with Crippen LogP contribution in [0.15, 0.2) is 45.3 Å². The third kappa shape index (κ3) is 1.95. The molecule has 0 saturated carbocycles. The summed E-state index contributed by atoms with van der Waals surface area (Å²) in [6.07, 6.45) is 3.78. The standard InChI is InChI=1S/C11H10N4S2/c12-7-8-10(17-11-13-4-6-16-11)14-9-3-1-2-5-15(8)9/h1-6H,7,12H2. The lowest BCUT2D eigenvalue weighted by Crippen LogP contribution is -2.01. The van der Waals surface area contributed by atoms with E-state index in [2.05, 4.69) is 9.97 Å². The zero-order chi connectivity index (χ0) is 11.7. The molecule has 86 valence electrons. The van der Waals surface area contributed by atoms with E-state index in [1.165, 1.54) is 0 Å². The Labute approximate surface area is 107 Å². The van der Waals surface area contributed by atoms with E-state index in [0.29, 0.717) is 6.54 Å². The predicted octanol–water partition coefficient (Wildman–Crippen LogP) is 2.40. The Hall–Kier alpha value is -1.37. The Bertz CT molecular complexity index is 630. The molecule has 4 nitrogen and oxygen atoms in total. The summed E-state index contributed by atoms with van der Waals surface area (Å²) in [4.78, 5) is 8.82.